The molecule has 1 amide bonds. The van der Waals surface area contributed by atoms with E-state index < -0.39 is 5.91 Å². The van der Waals surface area contributed by atoms with Gasteiger partial charge >= 0.3 is 0 Å². The van der Waals surface area contributed by atoms with E-state index in [9.17, 15) is 4.79 Å². The van der Waals surface area contributed by atoms with Crippen molar-refractivity contribution < 1.29 is 4.79 Å². The lowest BCUT2D eigenvalue weighted by molar-refractivity contribution is 0.100. The van der Waals surface area contributed by atoms with Crippen LogP contribution in [-0.2, 0) is 0 Å². The van der Waals surface area contributed by atoms with Gasteiger partial charge in [0.1, 0.15) is 0 Å². The summed E-state index contributed by atoms with van der Waals surface area (Å²) in [7, 11) is 0. The number of likely N-dealkylation sites (N-methyl/N-ethyl adjacent to an activating group) is 1. The van der Waals surface area contributed by atoms with Gasteiger partial charge in [0, 0.05) is 11.6 Å². The Morgan fingerprint density at radius 2 is 2.00 bits per heavy atom. The molecule has 0 bridgehead atoms. The molecule has 3 heteroatoms. The monoisotopic (exact) mass is 232 g/mol. The van der Waals surface area contributed by atoms with Crippen LogP contribution in [0.15, 0.2) is 29.8 Å². The van der Waals surface area contributed by atoms with Crippen LogP contribution in [0.25, 0.3) is 6.08 Å². The molecule has 0 aliphatic heterocycles. The predicted octanol–water partition coefficient (Wildman–Crippen LogP) is 2.19. The molecular weight excluding hydrogens is 212 g/mol. The van der Waals surface area contributed by atoms with Crippen LogP contribution in [0.2, 0.25) is 0 Å². The number of nitrogens with one attached hydrogen (secondary N) is 1. The van der Waals surface area contributed by atoms with Crippen molar-refractivity contribution in [1.29, 1.82) is 0 Å². The Morgan fingerprint density at radius 3 is 2.47 bits per heavy atom. The van der Waals surface area contributed by atoms with Gasteiger partial charge in [-0.1, -0.05) is 30.7 Å². The zero-order valence-electron chi connectivity index (χ0n) is 10.7. The maximum Gasteiger partial charge on any atom is 0.248 e. The third kappa shape index (κ3) is 4.04. The van der Waals surface area contributed by atoms with Crippen LogP contribution < -0.4 is 11.1 Å². The molecule has 0 saturated heterocycles. The number of carbonyl (C=O) groups is 1. The highest BCUT2D eigenvalue weighted by Crippen LogP contribution is 2.11. The SMILES string of the molecule is CCNC(C)/C(C)=C/c1ccc(C(N)=O)cc1. The summed E-state index contributed by atoms with van der Waals surface area (Å²) in [5.74, 6) is -0.390. The van der Waals surface area contributed by atoms with Crippen molar-refractivity contribution in [3.8, 4) is 0 Å². The summed E-state index contributed by atoms with van der Waals surface area (Å²) >= 11 is 0. The van der Waals surface area contributed by atoms with Crippen LogP contribution in [0.5, 0.6) is 0 Å². The molecule has 0 aromatic heterocycles. The second-order valence-corrected chi connectivity index (χ2v) is 4.15. The lowest BCUT2D eigenvalue weighted by Crippen LogP contribution is -2.26. The molecule has 0 aliphatic carbocycles. The van der Waals surface area contributed by atoms with E-state index in [0.717, 1.165) is 12.1 Å². The standard InChI is InChI=1S/C14H20N2O/c1-4-16-11(3)10(2)9-12-5-7-13(8-6-12)14(15)17/h5-9,11,16H,4H2,1-3H3,(H2,15,17)/b10-9+. The summed E-state index contributed by atoms with van der Waals surface area (Å²) in [6.07, 6.45) is 2.11. The first-order valence-electron chi connectivity index (χ1n) is 5.86. The van der Waals surface area contributed by atoms with Crippen molar-refractivity contribution >= 4 is 12.0 Å². The number of nitrogens with two attached hydrogens (primary N) is 1. The fourth-order valence-corrected chi connectivity index (χ4v) is 1.60. The summed E-state index contributed by atoms with van der Waals surface area (Å²) in [5.41, 5.74) is 8.07. The van der Waals surface area contributed by atoms with Gasteiger partial charge in [0.25, 0.3) is 0 Å². The number of hydrogen-bond donors (Lipinski definition) is 2. The molecule has 0 spiro atoms. The van der Waals surface area contributed by atoms with Crippen LogP contribution >= 0.6 is 0 Å². The van der Waals surface area contributed by atoms with Gasteiger partial charge in [-0.05, 0) is 38.1 Å². The summed E-state index contributed by atoms with van der Waals surface area (Å²) in [4.78, 5) is 10.9. The van der Waals surface area contributed by atoms with E-state index in [2.05, 4.69) is 32.2 Å². The van der Waals surface area contributed by atoms with E-state index in [1.165, 1.54) is 5.57 Å². The summed E-state index contributed by atoms with van der Waals surface area (Å²) in [6, 6.07) is 7.67. The maximum absolute atomic E-state index is 10.9. The van der Waals surface area contributed by atoms with Gasteiger partial charge in [-0.3, -0.25) is 4.79 Å². The largest absolute Gasteiger partial charge is 0.366 e. The number of hydrogen-bond acceptors (Lipinski definition) is 2. The van der Waals surface area contributed by atoms with Crippen molar-refractivity contribution in [2.75, 3.05) is 6.54 Å². The van der Waals surface area contributed by atoms with Crippen molar-refractivity contribution in [3.05, 3.63) is 41.0 Å². The van der Waals surface area contributed by atoms with Crippen molar-refractivity contribution in [2.24, 2.45) is 5.73 Å². The molecule has 1 aromatic rings. The van der Waals surface area contributed by atoms with Gasteiger partial charge in [-0.25, -0.2) is 0 Å². The average Bonchev–Trinajstić information content (AvgIpc) is 2.30. The zero-order chi connectivity index (χ0) is 12.8. The van der Waals surface area contributed by atoms with E-state index in [1.807, 2.05) is 12.1 Å². The zero-order valence-corrected chi connectivity index (χ0v) is 10.7. The quantitative estimate of drug-likeness (QED) is 0.817. The van der Waals surface area contributed by atoms with Gasteiger partial charge in [0.2, 0.25) is 5.91 Å². The first-order chi connectivity index (χ1) is 8.04. The minimum absolute atomic E-state index is 0.357. The van der Waals surface area contributed by atoms with Crippen molar-refractivity contribution in [2.45, 2.75) is 26.8 Å². The third-order valence-electron chi connectivity index (χ3n) is 2.78. The highest BCUT2D eigenvalue weighted by Gasteiger charge is 2.02. The lowest BCUT2D eigenvalue weighted by Gasteiger charge is -2.12. The van der Waals surface area contributed by atoms with E-state index >= 15 is 0 Å². The second kappa shape index (κ2) is 6.21. The number of amides is 1. The Hall–Kier alpha value is -1.61. The third-order valence-corrected chi connectivity index (χ3v) is 2.78. The van der Waals surface area contributed by atoms with Crippen LogP contribution in [-0.4, -0.2) is 18.5 Å². The number of carbonyl (C=O) groups excluding carboxylic acids is 1. The smallest absolute Gasteiger partial charge is 0.248 e. The van der Waals surface area contributed by atoms with Gasteiger partial charge in [-0.15, -0.1) is 0 Å². The molecule has 92 valence electrons. The molecule has 0 radical (unpaired) electrons. The Balaban J connectivity index is 2.80. The Labute approximate surface area is 103 Å². The molecule has 0 aliphatic rings. The molecule has 0 heterocycles. The van der Waals surface area contributed by atoms with Gasteiger partial charge in [-0.2, -0.15) is 0 Å². The van der Waals surface area contributed by atoms with Crippen LogP contribution in [0.1, 0.15) is 36.7 Å². The molecule has 1 aromatic carbocycles. The first-order valence-corrected chi connectivity index (χ1v) is 5.86. The Bertz CT molecular complexity index is 407. The minimum Gasteiger partial charge on any atom is -0.366 e. The van der Waals surface area contributed by atoms with E-state index in [4.69, 9.17) is 5.73 Å². The Morgan fingerprint density at radius 1 is 1.41 bits per heavy atom. The molecule has 3 N–H and O–H groups in total. The predicted molar refractivity (Wildman–Crippen MR) is 71.7 cm³/mol. The Kier molecular flexibility index (Phi) is 4.91. The van der Waals surface area contributed by atoms with Crippen LogP contribution in [0.3, 0.4) is 0 Å². The van der Waals surface area contributed by atoms with E-state index in [0.29, 0.717) is 11.6 Å². The van der Waals surface area contributed by atoms with Gasteiger partial charge in [0.05, 0.1) is 0 Å². The van der Waals surface area contributed by atoms with E-state index in [1.54, 1.807) is 12.1 Å². The number of rotatable bonds is 5. The van der Waals surface area contributed by atoms with Crippen molar-refractivity contribution in [3.63, 3.8) is 0 Å². The maximum atomic E-state index is 10.9. The number of benzene rings is 1. The summed E-state index contributed by atoms with van der Waals surface area (Å²) in [5, 5.41) is 3.35. The van der Waals surface area contributed by atoms with Crippen molar-refractivity contribution in [1.82, 2.24) is 5.32 Å². The first kappa shape index (κ1) is 13.5. The van der Waals surface area contributed by atoms with Crippen LogP contribution in [0, 0.1) is 0 Å². The van der Waals surface area contributed by atoms with Gasteiger partial charge in [0.15, 0.2) is 0 Å². The van der Waals surface area contributed by atoms with Crippen LogP contribution in [0.4, 0.5) is 0 Å². The lowest BCUT2D eigenvalue weighted by atomic mass is 10.1. The molecule has 1 rings (SSSR count). The topological polar surface area (TPSA) is 55.1 Å². The molecule has 17 heavy (non-hydrogen) atoms. The highest BCUT2D eigenvalue weighted by atomic mass is 16.1. The molecule has 1 unspecified atom stereocenters. The average molecular weight is 232 g/mol. The van der Waals surface area contributed by atoms with E-state index in [-0.39, 0.29) is 0 Å². The molecule has 1 atom stereocenters. The summed E-state index contributed by atoms with van der Waals surface area (Å²) < 4.78 is 0. The second-order valence-electron chi connectivity index (χ2n) is 4.15. The fraction of sp³-hybridized carbons (Fsp3) is 0.357. The summed E-state index contributed by atoms with van der Waals surface area (Å²) in [6.45, 7) is 7.26. The van der Waals surface area contributed by atoms with Gasteiger partial charge < -0.3 is 11.1 Å². The normalized spacial score (nSPS) is 13.5. The highest BCUT2D eigenvalue weighted by molar-refractivity contribution is 5.92. The molecule has 3 nitrogen and oxygen atoms in total. The fourth-order valence-electron chi connectivity index (χ4n) is 1.60. The minimum atomic E-state index is -0.390. The molecular formula is C14H20N2O. The molecule has 0 fully saturated rings. The molecule has 0 saturated carbocycles. The number of primary amides is 1.